The quantitative estimate of drug-likeness (QED) is 0.343. The molecule has 0 radical (unpaired) electrons. The molecular formula is C17H30N8O. The van der Waals surface area contributed by atoms with Crippen LogP contribution in [0.15, 0.2) is 0 Å². The average molecular weight is 362 g/mol. The van der Waals surface area contributed by atoms with E-state index in [0.717, 1.165) is 78.5 Å². The Morgan fingerprint density at radius 1 is 0.962 bits per heavy atom. The van der Waals surface area contributed by atoms with Crippen LogP contribution >= 0.6 is 0 Å². The second kappa shape index (κ2) is 11.7. The van der Waals surface area contributed by atoms with Crippen LogP contribution in [-0.4, -0.2) is 117 Å². The predicted octanol–water partition coefficient (Wildman–Crippen LogP) is -1.43. The number of nitrogens with zero attached hydrogens (tertiary/aromatic N) is 6. The lowest BCUT2D eigenvalue weighted by Gasteiger charge is -2.35. The lowest BCUT2D eigenvalue weighted by molar-refractivity contribution is 0.125. The van der Waals surface area contributed by atoms with Gasteiger partial charge in [0.1, 0.15) is 0 Å². The average Bonchev–Trinajstić information content (AvgIpc) is 3.06. The van der Waals surface area contributed by atoms with Gasteiger partial charge in [-0.15, -0.1) is 0 Å². The largest absolute Gasteiger partial charge is 0.336 e. The molecule has 2 fully saturated rings. The summed E-state index contributed by atoms with van der Waals surface area (Å²) in [5, 5.41) is 23.7. The summed E-state index contributed by atoms with van der Waals surface area (Å²) >= 11 is 0. The molecule has 2 heterocycles. The fraction of sp³-hybridized carbons (Fsp3) is 0.824. The van der Waals surface area contributed by atoms with E-state index in [9.17, 15) is 4.79 Å². The van der Waals surface area contributed by atoms with E-state index in [4.69, 9.17) is 10.5 Å². The smallest absolute Gasteiger partial charge is 0.317 e. The van der Waals surface area contributed by atoms with Gasteiger partial charge in [-0.3, -0.25) is 14.7 Å². The first-order valence-corrected chi connectivity index (χ1v) is 9.37. The summed E-state index contributed by atoms with van der Waals surface area (Å²) in [6.07, 6.45) is 0. The summed E-state index contributed by atoms with van der Waals surface area (Å²) in [6, 6.07) is 4.25. The summed E-state index contributed by atoms with van der Waals surface area (Å²) in [5.41, 5.74) is 0. The van der Waals surface area contributed by atoms with Crippen molar-refractivity contribution in [1.29, 1.82) is 10.5 Å². The van der Waals surface area contributed by atoms with E-state index in [1.807, 2.05) is 9.80 Å². The summed E-state index contributed by atoms with van der Waals surface area (Å²) in [5.74, 6) is 0. The molecule has 0 aromatic heterocycles. The van der Waals surface area contributed by atoms with Crippen LogP contribution in [0.2, 0.25) is 0 Å². The molecule has 2 amide bonds. The molecule has 0 unspecified atom stereocenters. The number of hydrogen-bond donors (Lipinski definition) is 2. The van der Waals surface area contributed by atoms with Crippen molar-refractivity contribution in [3.63, 3.8) is 0 Å². The molecule has 2 saturated heterocycles. The van der Waals surface area contributed by atoms with Gasteiger partial charge < -0.3 is 15.5 Å². The molecule has 26 heavy (non-hydrogen) atoms. The van der Waals surface area contributed by atoms with Gasteiger partial charge in [0.2, 0.25) is 0 Å². The van der Waals surface area contributed by atoms with Gasteiger partial charge in [0, 0.05) is 78.5 Å². The number of urea groups is 1. The second-order valence-electron chi connectivity index (χ2n) is 6.68. The number of nitrogens with one attached hydrogen (secondary N) is 2. The van der Waals surface area contributed by atoms with Crippen molar-refractivity contribution in [2.75, 3.05) is 91.6 Å². The molecule has 0 spiro atoms. The Morgan fingerprint density at radius 2 is 1.62 bits per heavy atom. The first kappa shape index (κ1) is 20.4. The maximum Gasteiger partial charge on any atom is 0.317 e. The molecule has 9 nitrogen and oxygen atoms in total. The number of carbonyl (C=O) groups is 1. The second-order valence-corrected chi connectivity index (χ2v) is 6.68. The first-order chi connectivity index (χ1) is 12.7. The Bertz CT molecular complexity index is 490. The zero-order chi connectivity index (χ0) is 18.6. The maximum absolute atomic E-state index is 11.5. The van der Waals surface area contributed by atoms with Crippen molar-refractivity contribution >= 4 is 6.03 Å². The molecule has 2 aliphatic rings. The monoisotopic (exact) mass is 362 g/mol. The van der Waals surface area contributed by atoms with E-state index in [1.54, 1.807) is 0 Å². The summed E-state index contributed by atoms with van der Waals surface area (Å²) in [7, 11) is 0. The molecule has 2 aliphatic heterocycles. The van der Waals surface area contributed by atoms with Crippen LogP contribution in [0.3, 0.4) is 0 Å². The van der Waals surface area contributed by atoms with Crippen LogP contribution in [0.4, 0.5) is 4.79 Å². The first-order valence-electron chi connectivity index (χ1n) is 9.37. The third kappa shape index (κ3) is 7.14. The van der Waals surface area contributed by atoms with Gasteiger partial charge in [-0.25, -0.2) is 4.79 Å². The highest BCUT2D eigenvalue weighted by molar-refractivity contribution is 5.76. The van der Waals surface area contributed by atoms with E-state index >= 15 is 0 Å². The van der Waals surface area contributed by atoms with Crippen molar-refractivity contribution in [3.05, 3.63) is 0 Å². The third-order valence-corrected chi connectivity index (χ3v) is 4.89. The lowest BCUT2D eigenvalue weighted by atomic mass is 10.3. The number of piperazine rings is 1. The third-order valence-electron chi connectivity index (χ3n) is 4.89. The maximum atomic E-state index is 11.5. The van der Waals surface area contributed by atoms with Crippen molar-refractivity contribution < 1.29 is 4.79 Å². The number of amides is 2. The molecule has 144 valence electrons. The van der Waals surface area contributed by atoms with Crippen LogP contribution in [0.5, 0.6) is 0 Å². The molecule has 0 aromatic carbocycles. The van der Waals surface area contributed by atoms with E-state index < -0.39 is 0 Å². The Labute approximate surface area is 156 Å². The molecule has 0 aromatic rings. The topological polar surface area (TPSA) is 102 Å². The summed E-state index contributed by atoms with van der Waals surface area (Å²) < 4.78 is 0. The molecule has 0 bridgehead atoms. The fourth-order valence-corrected chi connectivity index (χ4v) is 3.24. The van der Waals surface area contributed by atoms with Gasteiger partial charge in [0.25, 0.3) is 0 Å². The van der Waals surface area contributed by atoms with Gasteiger partial charge in [-0.1, -0.05) is 0 Å². The SMILES string of the molecule is N#CCN(CC#N)CCNCCN1CCN(CCN2CCNC2=O)CC1. The molecule has 0 atom stereocenters. The van der Waals surface area contributed by atoms with Crippen LogP contribution in [0.25, 0.3) is 0 Å². The minimum absolute atomic E-state index is 0.0674. The van der Waals surface area contributed by atoms with Crippen molar-refractivity contribution in [1.82, 2.24) is 30.2 Å². The number of carbonyl (C=O) groups excluding carboxylic acids is 1. The standard InChI is InChI=1S/C17H30N8O/c18-1-6-22(7-2-19)8-3-20-4-9-23-11-13-24(14-12-23)15-16-25-10-5-21-17(25)26/h20H,3-16H2,(H,21,26). The lowest BCUT2D eigenvalue weighted by Crippen LogP contribution is -2.50. The van der Waals surface area contributed by atoms with Crippen LogP contribution in [0.1, 0.15) is 0 Å². The zero-order valence-corrected chi connectivity index (χ0v) is 15.5. The summed E-state index contributed by atoms with van der Waals surface area (Å²) in [4.78, 5) is 20.1. The zero-order valence-electron chi connectivity index (χ0n) is 15.5. The van der Waals surface area contributed by atoms with Gasteiger partial charge in [0.05, 0.1) is 25.2 Å². The molecule has 2 N–H and O–H groups in total. The number of hydrogen-bond acceptors (Lipinski definition) is 7. The highest BCUT2D eigenvalue weighted by Crippen LogP contribution is 2.03. The Hall–Kier alpha value is -1.91. The normalized spacial score (nSPS) is 18.7. The molecule has 9 heteroatoms. The van der Waals surface area contributed by atoms with Gasteiger partial charge in [0.15, 0.2) is 0 Å². The number of nitriles is 2. The molecule has 0 aliphatic carbocycles. The van der Waals surface area contributed by atoms with E-state index in [2.05, 4.69) is 32.6 Å². The van der Waals surface area contributed by atoms with Gasteiger partial charge in [-0.2, -0.15) is 10.5 Å². The summed E-state index contributed by atoms with van der Waals surface area (Å²) in [6.45, 7) is 11.6. The van der Waals surface area contributed by atoms with Crippen molar-refractivity contribution in [2.24, 2.45) is 0 Å². The Balaban J connectivity index is 1.49. The van der Waals surface area contributed by atoms with Crippen LogP contribution in [0, 0.1) is 22.7 Å². The Kier molecular flexibility index (Phi) is 9.15. The van der Waals surface area contributed by atoms with Gasteiger partial charge in [-0.05, 0) is 0 Å². The van der Waals surface area contributed by atoms with E-state index in [-0.39, 0.29) is 6.03 Å². The number of rotatable bonds is 11. The Morgan fingerprint density at radius 3 is 2.19 bits per heavy atom. The van der Waals surface area contributed by atoms with Crippen molar-refractivity contribution in [3.8, 4) is 12.1 Å². The molecule has 0 saturated carbocycles. The van der Waals surface area contributed by atoms with E-state index in [0.29, 0.717) is 13.1 Å². The van der Waals surface area contributed by atoms with Gasteiger partial charge >= 0.3 is 6.03 Å². The predicted molar refractivity (Wildman–Crippen MR) is 98.4 cm³/mol. The fourth-order valence-electron chi connectivity index (χ4n) is 3.24. The van der Waals surface area contributed by atoms with Crippen molar-refractivity contribution in [2.45, 2.75) is 0 Å². The van der Waals surface area contributed by atoms with E-state index in [1.165, 1.54) is 0 Å². The minimum atomic E-state index is 0.0674. The molecule has 2 rings (SSSR count). The van der Waals surface area contributed by atoms with Crippen LogP contribution < -0.4 is 10.6 Å². The van der Waals surface area contributed by atoms with Crippen LogP contribution in [-0.2, 0) is 0 Å². The highest BCUT2D eigenvalue weighted by Gasteiger charge is 2.21. The highest BCUT2D eigenvalue weighted by atomic mass is 16.2. The minimum Gasteiger partial charge on any atom is -0.336 e. The molecular weight excluding hydrogens is 332 g/mol.